The Kier molecular flexibility index (Phi) is 5.85. The molecule has 0 unspecified atom stereocenters. The van der Waals surface area contributed by atoms with Gasteiger partial charge in [0.25, 0.3) is 5.91 Å². The van der Waals surface area contributed by atoms with E-state index in [0.717, 1.165) is 12.8 Å². The lowest BCUT2D eigenvalue weighted by Gasteiger charge is -2.12. The van der Waals surface area contributed by atoms with Crippen molar-refractivity contribution < 1.29 is 23.1 Å². The van der Waals surface area contributed by atoms with Gasteiger partial charge in [0, 0.05) is 11.7 Å². The highest BCUT2D eigenvalue weighted by atomic mass is 19.3. The van der Waals surface area contributed by atoms with Crippen LogP contribution in [-0.2, 0) is 4.79 Å². The summed E-state index contributed by atoms with van der Waals surface area (Å²) in [6.45, 7) is -2.93. The zero-order valence-corrected chi connectivity index (χ0v) is 14.4. The van der Waals surface area contributed by atoms with E-state index in [0.29, 0.717) is 16.9 Å². The highest BCUT2D eigenvalue weighted by Crippen LogP contribution is 2.22. The van der Waals surface area contributed by atoms with Gasteiger partial charge in [0.05, 0.1) is 17.8 Å². The molecular formula is C19H19F2N3O3. The van der Waals surface area contributed by atoms with Crippen molar-refractivity contribution in [2.45, 2.75) is 25.5 Å². The van der Waals surface area contributed by atoms with Gasteiger partial charge in [0.2, 0.25) is 5.91 Å². The van der Waals surface area contributed by atoms with E-state index in [9.17, 15) is 18.4 Å². The van der Waals surface area contributed by atoms with E-state index in [1.54, 1.807) is 24.3 Å². The van der Waals surface area contributed by atoms with Crippen molar-refractivity contribution in [1.82, 2.24) is 5.32 Å². The van der Waals surface area contributed by atoms with Gasteiger partial charge in [-0.2, -0.15) is 8.78 Å². The van der Waals surface area contributed by atoms with Crippen LogP contribution in [0, 0.1) is 0 Å². The Morgan fingerprint density at radius 1 is 1.07 bits per heavy atom. The fourth-order valence-electron chi connectivity index (χ4n) is 2.41. The van der Waals surface area contributed by atoms with E-state index in [1.807, 2.05) is 0 Å². The average Bonchev–Trinajstić information content (AvgIpc) is 3.45. The Morgan fingerprint density at radius 2 is 1.78 bits per heavy atom. The van der Waals surface area contributed by atoms with Gasteiger partial charge in [-0.25, -0.2) is 0 Å². The highest BCUT2D eigenvalue weighted by molar-refractivity contribution is 6.04. The van der Waals surface area contributed by atoms with Crippen molar-refractivity contribution in [3.8, 4) is 5.75 Å². The molecular weight excluding hydrogens is 356 g/mol. The lowest BCUT2D eigenvalue weighted by molar-refractivity contribution is -0.114. The normalized spacial score (nSPS) is 13.1. The monoisotopic (exact) mass is 375 g/mol. The fourth-order valence-corrected chi connectivity index (χ4v) is 2.41. The SMILES string of the molecule is O=C(CNc1ccc(OC(F)F)cc1)Nc1ccccc1C(=O)NC1CC1. The van der Waals surface area contributed by atoms with E-state index in [2.05, 4.69) is 20.7 Å². The number of carbonyl (C=O) groups is 2. The third-order valence-electron chi connectivity index (χ3n) is 3.89. The van der Waals surface area contributed by atoms with Crippen LogP contribution < -0.4 is 20.7 Å². The quantitative estimate of drug-likeness (QED) is 0.662. The van der Waals surface area contributed by atoms with Crippen LogP contribution >= 0.6 is 0 Å². The van der Waals surface area contributed by atoms with Crippen LogP contribution in [0.15, 0.2) is 48.5 Å². The molecule has 142 valence electrons. The molecule has 2 aromatic carbocycles. The number of amides is 2. The number of anilines is 2. The van der Waals surface area contributed by atoms with Crippen LogP contribution in [-0.4, -0.2) is 31.0 Å². The minimum atomic E-state index is -2.88. The zero-order chi connectivity index (χ0) is 19.2. The number of halogens is 2. The molecule has 27 heavy (non-hydrogen) atoms. The minimum absolute atomic E-state index is 0.0376. The van der Waals surface area contributed by atoms with Gasteiger partial charge in [-0.3, -0.25) is 9.59 Å². The molecule has 0 aromatic heterocycles. The maximum Gasteiger partial charge on any atom is 0.387 e. The summed E-state index contributed by atoms with van der Waals surface area (Å²) in [6.07, 6.45) is 1.96. The maximum absolute atomic E-state index is 12.2. The van der Waals surface area contributed by atoms with E-state index in [-0.39, 0.29) is 30.2 Å². The molecule has 2 aromatic rings. The van der Waals surface area contributed by atoms with E-state index in [1.165, 1.54) is 24.3 Å². The van der Waals surface area contributed by atoms with Gasteiger partial charge < -0.3 is 20.7 Å². The van der Waals surface area contributed by atoms with Crippen LogP contribution in [0.1, 0.15) is 23.2 Å². The number of rotatable bonds is 8. The van der Waals surface area contributed by atoms with Crippen molar-refractivity contribution >= 4 is 23.2 Å². The lowest BCUT2D eigenvalue weighted by Crippen LogP contribution is -2.28. The molecule has 6 nitrogen and oxygen atoms in total. The standard InChI is InChI=1S/C19H19F2N3O3/c20-19(21)27-14-9-7-12(8-10-14)22-11-17(25)24-16-4-2-1-3-15(16)18(26)23-13-5-6-13/h1-4,7-10,13,19,22H,5-6,11H2,(H,23,26)(H,24,25). The van der Waals surface area contributed by atoms with Gasteiger partial charge in [-0.05, 0) is 49.2 Å². The number of para-hydroxylation sites is 1. The van der Waals surface area contributed by atoms with E-state index in [4.69, 9.17) is 0 Å². The van der Waals surface area contributed by atoms with Crippen LogP contribution in [0.25, 0.3) is 0 Å². The maximum atomic E-state index is 12.2. The van der Waals surface area contributed by atoms with Crippen molar-refractivity contribution in [2.75, 3.05) is 17.2 Å². The predicted molar refractivity (Wildman–Crippen MR) is 97.1 cm³/mol. The third-order valence-corrected chi connectivity index (χ3v) is 3.89. The van der Waals surface area contributed by atoms with Gasteiger partial charge in [-0.15, -0.1) is 0 Å². The van der Waals surface area contributed by atoms with Gasteiger partial charge in [-0.1, -0.05) is 12.1 Å². The molecule has 0 atom stereocenters. The van der Waals surface area contributed by atoms with E-state index >= 15 is 0 Å². The summed E-state index contributed by atoms with van der Waals surface area (Å²) < 4.78 is 28.5. The number of carbonyl (C=O) groups excluding carboxylic acids is 2. The number of nitrogens with one attached hydrogen (secondary N) is 3. The van der Waals surface area contributed by atoms with Crippen LogP contribution in [0.5, 0.6) is 5.75 Å². The molecule has 8 heteroatoms. The molecule has 3 rings (SSSR count). The summed E-state index contributed by atoms with van der Waals surface area (Å²) in [5.74, 6) is -0.513. The number of alkyl halides is 2. The molecule has 1 aliphatic carbocycles. The highest BCUT2D eigenvalue weighted by Gasteiger charge is 2.24. The Hall–Kier alpha value is -3.16. The number of ether oxygens (including phenoxy) is 1. The first-order valence-electron chi connectivity index (χ1n) is 8.50. The van der Waals surface area contributed by atoms with Crippen LogP contribution in [0.2, 0.25) is 0 Å². The summed E-state index contributed by atoms with van der Waals surface area (Å²) in [7, 11) is 0. The number of benzene rings is 2. The van der Waals surface area contributed by atoms with Crippen LogP contribution in [0.3, 0.4) is 0 Å². The topological polar surface area (TPSA) is 79.5 Å². The molecule has 0 radical (unpaired) electrons. The largest absolute Gasteiger partial charge is 0.435 e. The first-order valence-corrected chi connectivity index (χ1v) is 8.50. The minimum Gasteiger partial charge on any atom is -0.435 e. The van der Waals surface area contributed by atoms with Crippen molar-refractivity contribution in [3.05, 3.63) is 54.1 Å². The van der Waals surface area contributed by atoms with Gasteiger partial charge >= 0.3 is 6.61 Å². The second kappa shape index (κ2) is 8.48. The molecule has 1 aliphatic rings. The smallest absolute Gasteiger partial charge is 0.387 e. The Balaban J connectivity index is 1.54. The molecule has 0 aliphatic heterocycles. The summed E-state index contributed by atoms with van der Waals surface area (Å²) in [5, 5.41) is 8.48. The molecule has 0 heterocycles. The molecule has 1 saturated carbocycles. The van der Waals surface area contributed by atoms with Gasteiger partial charge in [0.15, 0.2) is 0 Å². The summed E-state index contributed by atoms with van der Waals surface area (Å²) >= 11 is 0. The zero-order valence-electron chi connectivity index (χ0n) is 14.4. The second-order valence-corrected chi connectivity index (χ2v) is 6.10. The molecule has 3 N–H and O–H groups in total. The summed E-state index contributed by atoms with van der Waals surface area (Å²) in [5.41, 5.74) is 1.42. The van der Waals surface area contributed by atoms with Gasteiger partial charge in [0.1, 0.15) is 5.75 Å². The van der Waals surface area contributed by atoms with Crippen molar-refractivity contribution in [1.29, 1.82) is 0 Å². The van der Waals surface area contributed by atoms with Crippen LogP contribution in [0.4, 0.5) is 20.2 Å². The molecule has 1 fully saturated rings. The summed E-state index contributed by atoms with van der Waals surface area (Å²) in [6, 6.07) is 12.8. The fraction of sp³-hybridized carbons (Fsp3) is 0.263. The first kappa shape index (κ1) is 18.6. The Bertz CT molecular complexity index is 808. The first-order chi connectivity index (χ1) is 13.0. The average molecular weight is 375 g/mol. The Labute approximate surface area is 154 Å². The third kappa shape index (κ3) is 5.67. The predicted octanol–water partition coefficient (Wildman–Crippen LogP) is 3.23. The second-order valence-electron chi connectivity index (χ2n) is 6.10. The molecule has 0 saturated heterocycles. The van der Waals surface area contributed by atoms with Crippen molar-refractivity contribution in [2.24, 2.45) is 0 Å². The lowest BCUT2D eigenvalue weighted by atomic mass is 10.1. The molecule has 2 amide bonds. The number of hydrogen-bond donors (Lipinski definition) is 3. The molecule has 0 spiro atoms. The summed E-state index contributed by atoms with van der Waals surface area (Å²) in [4.78, 5) is 24.4. The molecule has 0 bridgehead atoms. The van der Waals surface area contributed by atoms with E-state index < -0.39 is 6.61 Å². The van der Waals surface area contributed by atoms with Crippen molar-refractivity contribution in [3.63, 3.8) is 0 Å². The Morgan fingerprint density at radius 3 is 2.44 bits per heavy atom. The number of hydrogen-bond acceptors (Lipinski definition) is 4.